The molecule has 2 aromatic rings. The van der Waals surface area contributed by atoms with Crippen molar-refractivity contribution in [2.45, 2.75) is 39.7 Å². The standard InChI is InChI=1S/C15H21BrN4O/c1-4-7-17-12(10(2)3)9-13-19-15(20-21-13)14-11(16)6-5-8-18-14/h5-6,8,10,12,17H,4,7,9H2,1-3H3. The SMILES string of the molecule is CCCNC(Cc1nc(-c2ncccc2Br)no1)C(C)C. The molecular weight excluding hydrogens is 332 g/mol. The van der Waals surface area contributed by atoms with Crippen LogP contribution in [0.1, 0.15) is 33.1 Å². The third-order valence-corrected chi connectivity index (χ3v) is 3.93. The summed E-state index contributed by atoms with van der Waals surface area (Å²) in [5.41, 5.74) is 0.704. The highest BCUT2D eigenvalue weighted by molar-refractivity contribution is 9.10. The van der Waals surface area contributed by atoms with Gasteiger partial charge in [-0.05, 0) is 46.9 Å². The van der Waals surface area contributed by atoms with Crippen LogP contribution in [0.5, 0.6) is 0 Å². The predicted octanol–water partition coefficient (Wildman–Crippen LogP) is 3.46. The summed E-state index contributed by atoms with van der Waals surface area (Å²) in [6, 6.07) is 4.11. The first-order chi connectivity index (χ1) is 10.1. The highest BCUT2D eigenvalue weighted by Gasteiger charge is 2.18. The molecule has 5 nitrogen and oxygen atoms in total. The van der Waals surface area contributed by atoms with E-state index >= 15 is 0 Å². The fourth-order valence-corrected chi connectivity index (χ4v) is 2.48. The molecule has 0 bridgehead atoms. The summed E-state index contributed by atoms with van der Waals surface area (Å²) in [5.74, 6) is 1.67. The number of pyridine rings is 1. The number of halogens is 1. The van der Waals surface area contributed by atoms with Crippen LogP contribution in [-0.4, -0.2) is 27.7 Å². The van der Waals surface area contributed by atoms with E-state index in [2.05, 4.69) is 57.1 Å². The third kappa shape index (κ3) is 4.35. The maximum absolute atomic E-state index is 5.37. The molecule has 21 heavy (non-hydrogen) atoms. The second-order valence-corrected chi connectivity index (χ2v) is 6.21. The molecule has 0 aliphatic heterocycles. The summed E-state index contributed by atoms with van der Waals surface area (Å²) in [5, 5.41) is 7.56. The number of hydrogen-bond acceptors (Lipinski definition) is 5. The zero-order valence-electron chi connectivity index (χ0n) is 12.6. The molecule has 0 saturated carbocycles. The Bertz CT molecular complexity index is 570. The van der Waals surface area contributed by atoms with Crippen LogP contribution in [0.4, 0.5) is 0 Å². The number of rotatable bonds is 7. The van der Waals surface area contributed by atoms with E-state index in [1.165, 1.54) is 0 Å². The molecule has 1 unspecified atom stereocenters. The maximum Gasteiger partial charge on any atom is 0.228 e. The second-order valence-electron chi connectivity index (χ2n) is 5.35. The van der Waals surface area contributed by atoms with E-state index in [0.29, 0.717) is 29.4 Å². The molecule has 0 aliphatic rings. The Hall–Kier alpha value is -1.27. The molecule has 0 spiro atoms. The Morgan fingerprint density at radius 3 is 2.86 bits per heavy atom. The lowest BCUT2D eigenvalue weighted by Gasteiger charge is -2.20. The lowest BCUT2D eigenvalue weighted by atomic mass is 10.0. The molecule has 6 heteroatoms. The van der Waals surface area contributed by atoms with Crippen LogP contribution in [0.3, 0.4) is 0 Å². The van der Waals surface area contributed by atoms with E-state index < -0.39 is 0 Å². The number of nitrogens with one attached hydrogen (secondary N) is 1. The van der Waals surface area contributed by atoms with Crippen molar-refractivity contribution in [3.8, 4) is 11.5 Å². The summed E-state index contributed by atoms with van der Waals surface area (Å²) in [6.45, 7) is 7.54. The first-order valence-electron chi connectivity index (χ1n) is 7.28. The molecule has 0 aliphatic carbocycles. The summed E-state index contributed by atoms with van der Waals surface area (Å²) in [7, 11) is 0. The fourth-order valence-electron chi connectivity index (χ4n) is 2.05. The fraction of sp³-hybridized carbons (Fsp3) is 0.533. The molecule has 0 fully saturated rings. The Morgan fingerprint density at radius 2 is 2.19 bits per heavy atom. The molecule has 1 atom stereocenters. The molecule has 1 N–H and O–H groups in total. The van der Waals surface area contributed by atoms with Gasteiger partial charge in [-0.3, -0.25) is 4.98 Å². The number of hydrogen-bond donors (Lipinski definition) is 1. The van der Waals surface area contributed by atoms with Crippen molar-refractivity contribution < 1.29 is 4.52 Å². The average Bonchev–Trinajstić information content (AvgIpc) is 2.92. The quantitative estimate of drug-likeness (QED) is 0.826. The summed E-state index contributed by atoms with van der Waals surface area (Å²) in [6.07, 6.45) is 3.56. The first kappa shape index (κ1) is 16.1. The molecule has 0 radical (unpaired) electrons. The van der Waals surface area contributed by atoms with Crippen LogP contribution in [0.25, 0.3) is 11.5 Å². The van der Waals surface area contributed by atoms with Gasteiger partial charge in [-0.1, -0.05) is 25.9 Å². The van der Waals surface area contributed by atoms with Gasteiger partial charge < -0.3 is 9.84 Å². The van der Waals surface area contributed by atoms with Crippen molar-refractivity contribution in [1.29, 1.82) is 0 Å². The van der Waals surface area contributed by atoms with E-state index in [-0.39, 0.29) is 0 Å². The minimum Gasteiger partial charge on any atom is -0.339 e. The van der Waals surface area contributed by atoms with Crippen LogP contribution >= 0.6 is 15.9 Å². The highest BCUT2D eigenvalue weighted by Crippen LogP contribution is 2.23. The molecule has 114 valence electrons. The van der Waals surface area contributed by atoms with Gasteiger partial charge in [0.15, 0.2) is 0 Å². The topological polar surface area (TPSA) is 63.8 Å². The van der Waals surface area contributed by atoms with E-state index in [1.807, 2.05) is 12.1 Å². The van der Waals surface area contributed by atoms with E-state index in [0.717, 1.165) is 23.9 Å². The monoisotopic (exact) mass is 352 g/mol. The summed E-state index contributed by atoms with van der Waals surface area (Å²) in [4.78, 5) is 8.74. The Morgan fingerprint density at radius 1 is 1.38 bits per heavy atom. The Labute approximate surface area is 133 Å². The highest BCUT2D eigenvalue weighted by atomic mass is 79.9. The Kier molecular flexibility index (Phi) is 5.87. The smallest absolute Gasteiger partial charge is 0.228 e. The van der Waals surface area contributed by atoms with E-state index in [4.69, 9.17) is 4.52 Å². The molecule has 0 aromatic carbocycles. The molecular formula is C15H21BrN4O. The molecule has 0 amide bonds. The molecule has 0 saturated heterocycles. The Balaban J connectivity index is 2.10. The average molecular weight is 353 g/mol. The van der Waals surface area contributed by atoms with Crippen molar-refractivity contribution in [3.05, 3.63) is 28.7 Å². The van der Waals surface area contributed by atoms with Gasteiger partial charge in [0.25, 0.3) is 0 Å². The van der Waals surface area contributed by atoms with Gasteiger partial charge in [0.2, 0.25) is 11.7 Å². The minimum absolute atomic E-state index is 0.338. The van der Waals surface area contributed by atoms with Gasteiger partial charge in [-0.2, -0.15) is 4.98 Å². The summed E-state index contributed by atoms with van der Waals surface area (Å²) >= 11 is 3.45. The first-order valence-corrected chi connectivity index (χ1v) is 8.08. The van der Waals surface area contributed by atoms with Gasteiger partial charge in [0.1, 0.15) is 5.69 Å². The van der Waals surface area contributed by atoms with Gasteiger partial charge in [-0.15, -0.1) is 0 Å². The second kappa shape index (κ2) is 7.66. The predicted molar refractivity (Wildman–Crippen MR) is 85.9 cm³/mol. The van der Waals surface area contributed by atoms with Crippen LogP contribution in [0.15, 0.2) is 27.3 Å². The maximum atomic E-state index is 5.37. The largest absolute Gasteiger partial charge is 0.339 e. The van der Waals surface area contributed by atoms with Crippen LogP contribution < -0.4 is 5.32 Å². The van der Waals surface area contributed by atoms with Crippen molar-refractivity contribution in [2.24, 2.45) is 5.92 Å². The van der Waals surface area contributed by atoms with Crippen LogP contribution in [0.2, 0.25) is 0 Å². The molecule has 2 rings (SSSR count). The van der Waals surface area contributed by atoms with Crippen LogP contribution in [0, 0.1) is 5.92 Å². The molecule has 2 heterocycles. The van der Waals surface area contributed by atoms with E-state index in [9.17, 15) is 0 Å². The normalized spacial score (nSPS) is 12.8. The van der Waals surface area contributed by atoms with Crippen molar-refractivity contribution >= 4 is 15.9 Å². The third-order valence-electron chi connectivity index (χ3n) is 3.29. The zero-order chi connectivity index (χ0) is 15.2. The van der Waals surface area contributed by atoms with Gasteiger partial charge >= 0.3 is 0 Å². The van der Waals surface area contributed by atoms with Gasteiger partial charge in [0.05, 0.1) is 0 Å². The lowest BCUT2D eigenvalue weighted by Crippen LogP contribution is -2.36. The summed E-state index contributed by atoms with van der Waals surface area (Å²) < 4.78 is 6.24. The minimum atomic E-state index is 0.338. The lowest BCUT2D eigenvalue weighted by molar-refractivity contribution is 0.326. The van der Waals surface area contributed by atoms with Crippen molar-refractivity contribution in [1.82, 2.24) is 20.4 Å². The van der Waals surface area contributed by atoms with Crippen molar-refractivity contribution in [3.63, 3.8) is 0 Å². The number of aromatic nitrogens is 3. The van der Waals surface area contributed by atoms with Crippen LogP contribution in [-0.2, 0) is 6.42 Å². The van der Waals surface area contributed by atoms with Gasteiger partial charge in [0, 0.05) is 23.1 Å². The van der Waals surface area contributed by atoms with Gasteiger partial charge in [-0.25, -0.2) is 0 Å². The van der Waals surface area contributed by atoms with E-state index in [1.54, 1.807) is 6.20 Å². The molecule has 2 aromatic heterocycles. The zero-order valence-corrected chi connectivity index (χ0v) is 14.2. The number of nitrogens with zero attached hydrogens (tertiary/aromatic N) is 3. The van der Waals surface area contributed by atoms with Crippen molar-refractivity contribution in [2.75, 3.05) is 6.54 Å².